The largest absolute Gasteiger partial charge is 0.381 e. The van der Waals surface area contributed by atoms with E-state index in [-0.39, 0.29) is 6.03 Å². The number of ether oxygens (including phenoxy) is 1. The van der Waals surface area contributed by atoms with Gasteiger partial charge >= 0.3 is 6.03 Å². The molecule has 1 aromatic rings. The van der Waals surface area contributed by atoms with Crippen molar-refractivity contribution in [2.75, 3.05) is 50.1 Å². The van der Waals surface area contributed by atoms with Crippen molar-refractivity contribution in [3.63, 3.8) is 0 Å². The number of rotatable bonds is 6. The maximum atomic E-state index is 12.3. The maximum Gasteiger partial charge on any atom is 0.321 e. The van der Waals surface area contributed by atoms with E-state index >= 15 is 0 Å². The van der Waals surface area contributed by atoms with Gasteiger partial charge in [0.25, 0.3) is 0 Å². The Labute approximate surface area is 133 Å². The van der Waals surface area contributed by atoms with Crippen molar-refractivity contribution < 1.29 is 9.53 Å². The van der Waals surface area contributed by atoms with Crippen molar-refractivity contribution in [1.82, 2.24) is 4.90 Å². The number of carbonyl (C=O) groups excluding carboxylic acids is 1. The Balaban J connectivity index is 1.90. The summed E-state index contributed by atoms with van der Waals surface area (Å²) in [4.78, 5) is 16.4. The molecule has 2 amide bonds. The van der Waals surface area contributed by atoms with E-state index in [1.165, 1.54) is 0 Å². The summed E-state index contributed by atoms with van der Waals surface area (Å²) in [5.74, 6) is 0.461. The van der Waals surface area contributed by atoms with Crippen molar-refractivity contribution in [1.29, 1.82) is 0 Å². The van der Waals surface area contributed by atoms with Crippen molar-refractivity contribution in [2.45, 2.75) is 20.3 Å². The Morgan fingerprint density at radius 3 is 3.00 bits per heavy atom. The Kier molecular flexibility index (Phi) is 6.07. The van der Waals surface area contributed by atoms with E-state index in [2.05, 4.69) is 17.1 Å². The number of benzene rings is 1. The minimum Gasteiger partial charge on any atom is -0.381 e. The van der Waals surface area contributed by atoms with E-state index < -0.39 is 0 Å². The van der Waals surface area contributed by atoms with Gasteiger partial charge in [0.05, 0.1) is 6.61 Å². The fraction of sp³-hybridized carbons (Fsp3) is 0.588. The summed E-state index contributed by atoms with van der Waals surface area (Å²) >= 11 is 0. The zero-order valence-electron chi connectivity index (χ0n) is 13.8. The molecule has 5 heteroatoms. The lowest BCUT2D eigenvalue weighted by atomic mass is 10.1. The van der Waals surface area contributed by atoms with Gasteiger partial charge in [0.15, 0.2) is 0 Å². The first-order chi connectivity index (χ1) is 10.6. The normalized spacial score (nSPS) is 17.6. The quantitative estimate of drug-likeness (QED) is 0.878. The minimum atomic E-state index is -0.0182. The van der Waals surface area contributed by atoms with Crippen LogP contribution in [0.3, 0.4) is 0 Å². The molecule has 1 aliphatic rings. The molecule has 1 N–H and O–H groups in total. The van der Waals surface area contributed by atoms with Crippen molar-refractivity contribution in [3.8, 4) is 0 Å². The smallest absolute Gasteiger partial charge is 0.321 e. The molecule has 0 aliphatic carbocycles. The fourth-order valence-corrected chi connectivity index (χ4v) is 2.64. The highest BCUT2D eigenvalue weighted by Crippen LogP contribution is 2.21. The van der Waals surface area contributed by atoms with Gasteiger partial charge in [0.2, 0.25) is 0 Å². The predicted molar refractivity (Wildman–Crippen MR) is 90.6 cm³/mol. The third-order valence-electron chi connectivity index (χ3n) is 4.14. The topological polar surface area (TPSA) is 44.8 Å². The van der Waals surface area contributed by atoms with E-state index in [1.807, 2.05) is 43.1 Å². The van der Waals surface area contributed by atoms with Crippen molar-refractivity contribution in [3.05, 3.63) is 24.3 Å². The first kappa shape index (κ1) is 16.6. The standard InChI is InChI=1S/C17H27N3O2/c1-4-19(3)16-8-6-7-15(11-16)18-17(21)20-10-9-14(12-20)13-22-5-2/h6-8,11,14H,4-5,9-10,12-13H2,1-3H3,(H,18,21). The molecule has 0 saturated carbocycles. The molecule has 0 radical (unpaired) electrons. The van der Waals surface area contributed by atoms with Gasteiger partial charge < -0.3 is 19.9 Å². The summed E-state index contributed by atoms with van der Waals surface area (Å²) < 4.78 is 5.45. The second kappa shape index (κ2) is 8.03. The maximum absolute atomic E-state index is 12.3. The minimum absolute atomic E-state index is 0.0182. The van der Waals surface area contributed by atoms with Crippen LogP contribution in [0.5, 0.6) is 0 Å². The molecule has 1 saturated heterocycles. The van der Waals surface area contributed by atoms with E-state index in [0.717, 1.165) is 50.6 Å². The summed E-state index contributed by atoms with van der Waals surface area (Å²) in [6.45, 7) is 8.10. The van der Waals surface area contributed by atoms with Crippen LogP contribution in [0.2, 0.25) is 0 Å². The highest BCUT2D eigenvalue weighted by Gasteiger charge is 2.26. The summed E-state index contributed by atoms with van der Waals surface area (Å²) in [5.41, 5.74) is 1.95. The number of urea groups is 1. The first-order valence-electron chi connectivity index (χ1n) is 8.08. The number of hydrogen-bond donors (Lipinski definition) is 1. The first-order valence-corrected chi connectivity index (χ1v) is 8.08. The molecule has 1 aliphatic heterocycles. The summed E-state index contributed by atoms with van der Waals surface area (Å²) in [7, 11) is 2.04. The van der Waals surface area contributed by atoms with Gasteiger partial charge in [-0.2, -0.15) is 0 Å². The van der Waals surface area contributed by atoms with Gasteiger partial charge in [-0.3, -0.25) is 0 Å². The van der Waals surface area contributed by atoms with Gasteiger partial charge in [-0.25, -0.2) is 4.79 Å². The number of carbonyl (C=O) groups is 1. The average molecular weight is 305 g/mol. The lowest BCUT2D eigenvalue weighted by Crippen LogP contribution is -2.33. The fourth-order valence-electron chi connectivity index (χ4n) is 2.64. The molecule has 5 nitrogen and oxygen atoms in total. The predicted octanol–water partition coefficient (Wildman–Crippen LogP) is 3.03. The number of nitrogens with one attached hydrogen (secondary N) is 1. The van der Waals surface area contributed by atoms with E-state index in [0.29, 0.717) is 5.92 Å². The van der Waals surface area contributed by atoms with Crippen LogP contribution in [-0.2, 0) is 4.74 Å². The van der Waals surface area contributed by atoms with Crippen LogP contribution in [0.1, 0.15) is 20.3 Å². The number of anilines is 2. The van der Waals surface area contributed by atoms with Crippen LogP contribution in [0.15, 0.2) is 24.3 Å². The number of nitrogens with zero attached hydrogens (tertiary/aromatic N) is 2. The van der Waals surface area contributed by atoms with Crippen LogP contribution in [0, 0.1) is 5.92 Å². The van der Waals surface area contributed by atoms with Crippen molar-refractivity contribution in [2.24, 2.45) is 5.92 Å². The molecular formula is C17H27N3O2. The number of likely N-dealkylation sites (tertiary alicyclic amines) is 1. The van der Waals surface area contributed by atoms with Gasteiger partial charge in [-0.15, -0.1) is 0 Å². The van der Waals surface area contributed by atoms with Crippen molar-refractivity contribution >= 4 is 17.4 Å². The van der Waals surface area contributed by atoms with Crippen LogP contribution >= 0.6 is 0 Å². The molecular weight excluding hydrogens is 278 g/mol. The zero-order chi connectivity index (χ0) is 15.9. The highest BCUT2D eigenvalue weighted by molar-refractivity contribution is 5.90. The molecule has 1 atom stereocenters. The Morgan fingerprint density at radius 1 is 1.45 bits per heavy atom. The van der Waals surface area contributed by atoms with Crippen LogP contribution < -0.4 is 10.2 Å². The Hall–Kier alpha value is -1.75. The SMILES string of the molecule is CCOCC1CCN(C(=O)Nc2cccc(N(C)CC)c2)C1. The molecule has 122 valence electrons. The highest BCUT2D eigenvalue weighted by atomic mass is 16.5. The molecule has 0 spiro atoms. The number of hydrogen-bond acceptors (Lipinski definition) is 3. The third kappa shape index (κ3) is 4.37. The van der Waals surface area contributed by atoms with Crippen LogP contribution in [0.25, 0.3) is 0 Å². The number of amides is 2. The second-order valence-electron chi connectivity index (χ2n) is 5.75. The molecule has 1 heterocycles. The van der Waals surface area contributed by atoms with E-state index in [4.69, 9.17) is 4.74 Å². The average Bonchev–Trinajstić information content (AvgIpc) is 3.01. The molecule has 0 aromatic heterocycles. The molecule has 1 aromatic carbocycles. The third-order valence-corrected chi connectivity index (χ3v) is 4.14. The van der Waals surface area contributed by atoms with E-state index in [1.54, 1.807) is 0 Å². The molecule has 1 fully saturated rings. The second-order valence-corrected chi connectivity index (χ2v) is 5.75. The molecule has 1 unspecified atom stereocenters. The molecule has 2 rings (SSSR count). The summed E-state index contributed by atoms with van der Waals surface area (Å²) in [6, 6.07) is 7.94. The zero-order valence-corrected chi connectivity index (χ0v) is 13.8. The van der Waals surface area contributed by atoms with E-state index in [9.17, 15) is 4.79 Å². The van der Waals surface area contributed by atoms with Gasteiger partial charge in [-0.1, -0.05) is 6.07 Å². The van der Waals surface area contributed by atoms with Gasteiger partial charge in [-0.05, 0) is 38.5 Å². The Bertz CT molecular complexity index is 493. The lowest BCUT2D eigenvalue weighted by molar-refractivity contribution is 0.113. The lowest BCUT2D eigenvalue weighted by Gasteiger charge is -2.20. The van der Waals surface area contributed by atoms with Gasteiger partial charge in [0, 0.05) is 50.6 Å². The van der Waals surface area contributed by atoms with Crippen LogP contribution in [-0.4, -0.2) is 50.8 Å². The summed E-state index contributed by atoms with van der Waals surface area (Å²) in [6.07, 6.45) is 1.02. The molecule has 22 heavy (non-hydrogen) atoms. The Morgan fingerprint density at radius 2 is 2.27 bits per heavy atom. The molecule has 0 bridgehead atoms. The van der Waals surface area contributed by atoms with Gasteiger partial charge in [0.1, 0.15) is 0 Å². The van der Waals surface area contributed by atoms with Crippen LogP contribution in [0.4, 0.5) is 16.2 Å². The summed E-state index contributed by atoms with van der Waals surface area (Å²) in [5, 5.41) is 3.00. The monoisotopic (exact) mass is 305 g/mol.